The summed E-state index contributed by atoms with van der Waals surface area (Å²) in [5.41, 5.74) is 1.21. The highest BCUT2D eigenvalue weighted by Crippen LogP contribution is 2.54. The summed E-state index contributed by atoms with van der Waals surface area (Å²) in [5, 5.41) is 20.4. The number of fused-ring (bicyclic) bond motifs is 2. The molecule has 2 aromatic rings. The minimum Gasteiger partial charge on any atom is -0.478 e. The molecule has 0 fully saturated rings. The minimum atomic E-state index is -0.977. The lowest BCUT2D eigenvalue weighted by atomic mass is 9.76. The Morgan fingerprint density at radius 2 is 1.96 bits per heavy atom. The molecule has 1 spiro atoms. The fraction of sp³-hybridized carbons (Fsp3) is 0.250. The van der Waals surface area contributed by atoms with Crippen molar-refractivity contribution >= 4 is 23.4 Å². The van der Waals surface area contributed by atoms with Crippen molar-refractivity contribution in [2.45, 2.75) is 25.0 Å². The molecule has 2 aromatic carbocycles. The lowest BCUT2D eigenvalue weighted by molar-refractivity contribution is -0.384. The number of carboxylic acids is 1. The summed E-state index contributed by atoms with van der Waals surface area (Å²) in [5.74, 6) is -0.427. The second-order valence-electron chi connectivity index (χ2n) is 7.33. The van der Waals surface area contributed by atoms with Crippen LogP contribution in [0.25, 0.3) is 6.08 Å². The van der Waals surface area contributed by atoms with Gasteiger partial charge in [0.2, 0.25) is 5.72 Å². The van der Waals surface area contributed by atoms with E-state index in [1.165, 1.54) is 12.1 Å². The van der Waals surface area contributed by atoms with Gasteiger partial charge in [0.15, 0.2) is 0 Å². The lowest BCUT2D eigenvalue weighted by Gasteiger charge is -2.45. The Morgan fingerprint density at radius 3 is 2.63 bits per heavy atom. The predicted molar refractivity (Wildman–Crippen MR) is 100 cm³/mol. The van der Waals surface area contributed by atoms with Gasteiger partial charge in [-0.1, -0.05) is 0 Å². The van der Waals surface area contributed by atoms with E-state index in [9.17, 15) is 20.0 Å². The van der Waals surface area contributed by atoms with Crippen LogP contribution in [0.5, 0.6) is 5.75 Å². The van der Waals surface area contributed by atoms with Crippen molar-refractivity contribution in [1.82, 2.24) is 0 Å². The number of rotatable bonds is 2. The van der Waals surface area contributed by atoms with Crippen molar-refractivity contribution < 1.29 is 19.6 Å². The molecule has 0 saturated heterocycles. The van der Waals surface area contributed by atoms with Gasteiger partial charge in [0.1, 0.15) is 5.75 Å². The van der Waals surface area contributed by atoms with Crippen molar-refractivity contribution in [2.24, 2.45) is 0 Å². The standard InChI is InChI=1S/C20H18N2O5/c1-19(2)15-11-13(18(23)24)4-6-16(15)21(3)20(19)9-8-12-10-14(22(25)26)5-7-17(12)27-20/h4-11H,1-3H3,(H,23,24). The molecule has 7 nitrogen and oxygen atoms in total. The molecular weight excluding hydrogens is 348 g/mol. The van der Waals surface area contributed by atoms with Gasteiger partial charge in [-0.25, -0.2) is 4.79 Å². The highest BCUT2D eigenvalue weighted by molar-refractivity contribution is 5.89. The molecule has 0 amide bonds. The van der Waals surface area contributed by atoms with E-state index in [1.807, 2.05) is 37.9 Å². The molecule has 0 aliphatic carbocycles. The van der Waals surface area contributed by atoms with Crippen LogP contribution in [-0.2, 0) is 5.41 Å². The van der Waals surface area contributed by atoms with Gasteiger partial charge < -0.3 is 14.7 Å². The van der Waals surface area contributed by atoms with Gasteiger partial charge >= 0.3 is 5.97 Å². The van der Waals surface area contributed by atoms with Crippen LogP contribution < -0.4 is 9.64 Å². The van der Waals surface area contributed by atoms with Crippen LogP contribution in [0.15, 0.2) is 42.5 Å². The van der Waals surface area contributed by atoms with Crippen LogP contribution in [0.4, 0.5) is 11.4 Å². The van der Waals surface area contributed by atoms with Crippen LogP contribution in [0.3, 0.4) is 0 Å². The number of hydrogen-bond donors (Lipinski definition) is 1. The van der Waals surface area contributed by atoms with Gasteiger partial charge in [-0.2, -0.15) is 0 Å². The minimum absolute atomic E-state index is 0.00590. The summed E-state index contributed by atoms with van der Waals surface area (Å²) in [4.78, 5) is 24.0. The maximum atomic E-state index is 11.4. The molecule has 1 unspecified atom stereocenters. The van der Waals surface area contributed by atoms with E-state index in [-0.39, 0.29) is 11.3 Å². The highest BCUT2D eigenvalue weighted by Gasteiger charge is 2.57. The largest absolute Gasteiger partial charge is 0.478 e. The zero-order chi connectivity index (χ0) is 19.6. The lowest BCUT2D eigenvalue weighted by Crippen LogP contribution is -2.58. The SMILES string of the molecule is CN1c2ccc(C(=O)O)cc2C(C)(C)C12C=Cc1cc([N+](=O)[O-])ccc1O2. The normalized spacial score (nSPS) is 21.5. The summed E-state index contributed by atoms with van der Waals surface area (Å²) >= 11 is 0. The molecule has 2 heterocycles. The second kappa shape index (κ2) is 5.33. The quantitative estimate of drug-likeness (QED) is 0.641. The van der Waals surface area contributed by atoms with Gasteiger partial charge in [0.25, 0.3) is 5.69 Å². The molecule has 0 bridgehead atoms. The molecule has 1 N–H and O–H groups in total. The molecule has 4 rings (SSSR count). The third kappa shape index (κ3) is 2.17. The number of benzene rings is 2. The van der Waals surface area contributed by atoms with Crippen molar-refractivity contribution in [3.05, 3.63) is 69.3 Å². The number of likely N-dealkylation sites (N-methyl/N-ethyl adjacent to an activating group) is 1. The molecule has 2 aliphatic heterocycles. The van der Waals surface area contributed by atoms with Gasteiger partial charge in [-0.3, -0.25) is 10.1 Å². The van der Waals surface area contributed by atoms with E-state index in [4.69, 9.17) is 4.74 Å². The fourth-order valence-corrected chi connectivity index (χ4v) is 4.05. The molecule has 138 valence electrons. The number of anilines is 1. The number of non-ortho nitro benzene ring substituents is 1. The zero-order valence-electron chi connectivity index (χ0n) is 15.1. The van der Waals surface area contributed by atoms with Gasteiger partial charge in [-0.05, 0) is 55.8 Å². The number of nitro benzene ring substituents is 1. The van der Waals surface area contributed by atoms with Gasteiger partial charge in [-0.15, -0.1) is 0 Å². The third-order valence-corrected chi connectivity index (χ3v) is 5.63. The van der Waals surface area contributed by atoms with Crippen LogP contribution in [0, 0.1) is 10.1 Å². The van der Waals surface area contributed by atoms with E-state index < -0.39 is 22.0 Å². The average Bonchev–Trinajstić information content (AvgIpc) is 2.79. The molecule has 7 heteroatoms. The fourth-order valence-electron chi connectivity index (χ4n) is 4.05. The number of nitro groups is 1. The smallest absolute Gasteiger partial charge is 0.335 e. The molecule has 2 aliphatic rings. The number of carbonyl (C=O) groups is 1. The first-order valence-corrected chi connectivity index (χ1v) is 8.46. The Labute approximate surface area is 155 Å². The van der Waals surface area contributed by atoms with E-state index in [2.05, 4.69) is 0 Å². The number of hydrogen-bond acceptors (Lipinski definition) is 5. The average molecular weight is 366 g/mol. The van der Waals surface area contributed by atoms with Crippen LogP contribution in [-0.4, -0.2) is 28.8 Å². The van der Waals surface area contributed by atoms with E-state index in [0.717, 1.165) is 11.3 Å². The zero-order valence-corrected chi connectivity index (χ0v) is 15.1. The van der Waals surface area contributed by atoms with Crippen molar-refractivity contribution in [3.63, 3.8) is 0 Å². The molecular formula is C20H18N2O5. The van der Waals surface area contributed by atoms with Crippen molar-refractivity contribution in [3.8, 4) is 5.75 Å². The van der Waals surface area contributed by atoms with Crippen LogP contribution in [0.2, 0.25) is 0 Å². The van der Waals surface area contributed by atoms with Crippen molar-refractivity contribution in [2.75, 3.05) is 11.9 Å². The first-order valence-electron chi connectivity index (χ1n) is 8.46. The number of nitrogens with zero attached hydrogens (tertiary/aromatic N) is 2. The predicted octanol–water partition coefficient (Wildman–Crippen LogP) is 3.82. The summed E-state index contributed by atoms with van der Waals surface area (Å²) in [6, 6.07) is 9.56. The molecule has 0 saturated carbocycles. The summed E-state index contributed by atoms with van der Waals surface area (Å²) in [6.45, 7) is 4.00. The molecule has 0 radical (unpaired) electrons. The van der Waals surface area contributed by atoms with Crippen LogP contribution >= 0.6 is 0 Å². The number of aromatic carboxylic acids is 1. The Kier molecular flexibility index (Phi) is 3.37. The summed E-state index contributed by atoms with van der Waals surface area (Å²) in [7, 11) is 1.90. The van der Waals surface area contributed by atoms with Gasteiger partial charge in [0, 0.05) is 30.4 Å². The maximum absolute atomic E-state index is 11.4. The van der Waals surface area contributed by atoms with E-state index in [0.29, 0.717) is 11.3 Å². The van der Waals surface area contributed by atoms with E-state index in [1.54, 1.807) is 24.3 Å². The van der Waals surface area contributed by atoms with E-state index >= 15 is 0 Å². The van der Waals surface area contributed by atoms with Crippen molar-refractivity contribution in [1.29, 1.82) is 0 Å². The Morgan fingerprint density at radius 1 is 1.22 bits per heavy atom. The number of ether oxygens (including phenoxy) is 1. The molecule has 1 atom stereocenters. The van der Waals surface area contributed by atoms with Crippen LogP contribution in [0.1, 0.15) is 35.3 Å². The van der Waals surface area contributed by atoms with Gasteiger partial charge in [0.05, 0.1) is 15.9 Å². The first kappa shape index (κ1) is 17.1. The topological polar surface area (TPSA) is 92.9 Å². The summed E-state index contributed by atoms with van der Waals surface area (Å²) in [6.07, 6.45) is 3.72. The Hall–Kier alpha value is -3.35. The Balaban J connectivity index is 1.83. The maximum Gasteiger partial charge on any atom is 0.335 e. The Bertz CT molecular complexity index is 1030. The monoisotopic (exact) mass is 366 g/mol. The highest BCUT2D eigenvalue weighted by atomic mass is 16.6. The second-order valence-corrected chi connectivity index (χ2v) is 7.33. The molecule has 27 heavy (non-hydrogen) atoms. The molecule has 0 aromatic heterocycles. The number of carboxylic acid groups (broad SMARTS) is 1. The third-order valence-electron chi connectivity index (χ3n) is 5.63. The first-order chi connectivity index (χ1) is 12.7. The summed E-state index contributed by atoms with van der Waals surface area (Å²) < 4.78 is 6.39.